The Morgan fingerprint density at radius 2 is 1.44 bits per heavy atom. The molecule has 0 unspecified atom stereocenters. The van der Waals surface area contributed by atoms with E-state index < -0.39 is 11.6 Å². The summed E-state index contributed by atoms with van der Waals surface area (Å²) in [5, 5.41) is 9.10. The Labute approximate surface area is 282 Å². The van der Waals surface area contributed by atoms with Crippen molar-refractivity contribution < 1.29 is 19.4 Å². The molecule has 244 valence electrons. The molecular weight excluding hydrogens is 598 g/mol. The molecule has 5 aromatic carbocycles. The molecule has 1 amide bonds. The third-order valence-electron chi connectivity index (χ3n) is 8.53. The van der Waals surface area contributed by atoms with Crippen LogP contribution in [0.25, 0.3) is 11.1 Å². The third-order valence-corrected chi connectivity index (χ3v) is 8.53. The lowest BCUT2D eigenvalue weighted by atomic mass is 9.82. The number of aliphatic hydroxyl groups is 1. The number of carbonyl (C=O) groups is 1. The number of aliphatic imine (C=N–C) groups is 1. The second kappa shape index (κ2) is 15.6. The number of aliphatic hydroxyl groups excluding tert-OH is 1. The number of rotatable bonds is 14. The molecule has 1 aliphatic rings. The van der Waals surface area contributed by atoms with Gasteiger partial charge in [-0.15, -0.1) is 0 Å². The quantitative estimate of drug-likeness (QED) is 0.0920. The number of carbonyl (C=O) groups excluding carboxylic acids is 1. The van der Waals surface area contributed by atoms with Gasteiger partial charge in [0, 0.05) is 31.6 Å². The maximum atomic E-state index is 14.5. The van der Waals surface area contributed by atoms with E-state index in [1.165, 1.54) is 11.1 Å². The van der Waals surface area contributed by atoms with Crippen LogP contribution in [-0.4, -0.2) is 42.2 Å². The standard InChI is InChI=1S/C41H41N3O4/c1-30-13-15-31(16-14-30)25-26-42-44-40(46)41(29-32-9-4-2-5-10-32)38(35-19-17-34(18-20-35)33-11-6-3-7-12-33)48-39(43-41)36-21-23-37(24-22-36)47-28-8-27-45/h2-7,9-24,38,42,45H,8,25-29H2,1H3,(H,44,46)/t38-,41-/m0/s1. The van der Waals surface area contributed by atoms with Crippen LogP contribution in [0.3, 0.4) is 0 Å². The Morgan fingerprint density at radius 1 is 0.792 bits per heavy atom. The van der Waals surface area contributed by atoms with E-state index in [4.69, 9.17) is 19.6 Å². The molecule has 0 saturated heterocycles. The number of amides is 1. The summed E-state index contributed by atoms with van der Waals surface area (Å²) in [6, 6.07) is 44.2. The molecule has 48 heavy (non-hydrogen) atoms. The lowest BCUT2D eigenvalue weighted by Crippen LogP contribution is -2.54. The molecule has 0 bridgehead atoms. The summed E-state index contributed by atoms with van der Waals surface area (Å²) in [5.74, 6) is 0.802. The minimum atomic E-state index is -1.31. The fourth-order valence-electron chi connectivity index (χ4n) is 5.88. The van der Waals surface area contributed by atoms with Crippen LogP contribution in [0, 0.1) is 6.92 Å². The minimum Gasteiger partial charge on any atom is -0.494 e. The number of ether oxygens (including phenoxy) is 2. The maximum Gasteiger partial charge on any atom is 0.266 e. The van der Waals surface area contributed by atoms with Crippen molar-refractivity contribution in [2.45, 2.75) is 37.8 Å². The molecule has 0 fully saturated rings. The number of hydrogen-bond acceptors (Lipinski definition) is 6. The van der Waals surface area contributed by atoms with Gasteiger partial charge in [0.2, 0.25) is 5.90 Å². The highest BCUT2D eigenvalue weighted by molar-refractivity contribution is 6.01. The van der Waals surface area contributed by atoms with Crippen molar-refractivity contribution in [3.05, 3.63) is 161 Å². The number of hydrazine groups is 1. The smallest absolute Gasteiger partial charge is 0.266 e. The van der Waals surface area contributed by atoms with E-state index >= 15 is 0 Å². The van der Waals surface area contributed by atoms with Crippen LogP contribution in [0.2, 0.25) is 0 Å². The zero-order chi connectivity index (χ0) is 33.2. The van der Waals surface area contributed by atoms with Crippen LogP contribution in [0.5, 0.6) is 5.75 Å². The van der Waals surface area contributed by atoms with Gasteiger partial charge in [0.15, 0.2) is 11.6 Å². The van der Waals surface area contributed by atoms with Crippen LogP contribution in [0.1, 0.15) is 40.3 Å². The molecule has 5 aromatic rings. The fourth-order valence-corrected chi connectivity index (χ4v) is 5.88. The average molecular weight is 640 g/mol. The summed E-state index contributed by atoms with van der Waals surface area (Å²) in [5.41, 5.74) is 12.0. The average Bonchev–Trinajstić information content (AvgIpc) is 3.52. The summed E-state index contributed by atoms with van der Waals surface area (Å²) in [6.45, 7) is 3.12. The highest BCUT2D eigenvalue weighted by atomic mass is 16.5. The first-order valence-corrected chi connectivity index (χ1v) is 16.4. The zero-order valence-corrected chi connectivity index (χ0v) is 27.1. The number of nitrogens with one attached hydrogen (secondary N) is 2. The second-order valence-electron chi connectivity index (χ2n) is 12.1. The Morgan fingerprint density at radius 3 is 2.12 bits per heavy atom. The van der Waals surface area contributed by atoms with Gasteiger partial charge in [-0.1, -0.05) is 115 Å². The van der Waals surface area contributed by atoms with Crippen molar-refractivity contribution in [1.29, 1.82) is 0 Å². The van der Waals surface area contributed by atoms with Crippen molar-refractivity contribution in [1.82, 2.24) is 10.9 Å². The molecule has 2 atom stereocenters. The topological polar surface area (TPSA) is 92.2 Å². The summed E-state index contributed by atoms with van der Waals surface area (Å²) in [6.07, 6.45) is 0.945. The number of hydrogen-bond donors (Lipinski definition) is 3. The number of nitrogens with zero attached hydrogens (tertiary/aromatic N) is 1. The zero-order valence-electron chi connectivity index (χ0n) is 27.1. The van der Waals surface area contributed by atoms with Crippen LogP contribution in [0.4, 0.5) is 0 Å². The van der Waals surface area contributed by atoms with Crippen molar-refractivity contribution in [3.63, 3.8) is 0 Å². The maximum absolute atomic E-state index is 14.5. The molecule has 3 N–H and O–H groups in total. The lowest BCUT2D eigenvalue weighted by molar-refractivity contribution is -0.130. The Balaban J connectivity index is 1.33. The van der Waals surface area contributed by atoms with Crippen LogP contribution in [0.15, 0.2) is 138 Å². The van der Waals surface area contributed by atoms with Crippen molar-refractivity contribution in [2.24, 2.45) is 4.99 Å². The van der Waals surface area contributed by atoms with Crippen LogP contribution in [-0.2, 0) is 22.4 Å². The highest BCUT2D eigenvalue weighted by Gasteiger charge is 2.53. The van der Waals surface area contributed by atoms with E-state index in [1.807, 2.05) is 84.9 Å². The molecule has 0 spiro atoms. The highest BCUT2D eigenvalue weighted by Crippen LogP contribution is 2.43. The molecule has 1 heterocycles. The first-order valence-electron chi connectivity index (χ1n) is 16.4. The van der Waals surface area contributed by atoms with Gasteiger partial charge in [0.05, 0.1) is 6.61 Å². The van der Waals surface area contributed by atoms with E-state index in [0.717, 1.165) is 34.2 Å². The Bertz CT molecular complexity index is 1790. The first kappa shape index (κ1) is 32.7. The second-order valence-corrected chi connectivity index (χ2v) is 12.1. The van der Waals surface area contributed by atoms with Crippen LogP contribution < -0.4 is 15.6 Å². The normalized spacial score (nSPS) is 17.0. The van der Waals surface area contributed by atoms with Crippen molar-refractivity contribution in [3.8, 4) is 16.9 Å². The molecule has 7 nitrogen and oxygen atoms in total. The summed E-state index contributed by atoms with van der Waals surface area (Å²) >= 11 is 0. The van der Waals surface area contributed by atoms with Gasteiger partial charge >= 0.3 is 0 Å². The summed E-state index contributed by atoms with van der Waals surface area (Å²) in [4.78, 5) is 19.6. The molecule has 0 saturated carbocycles. The fraction of sp³-hybridized carbons (Fsp3) is 0.220. The molecule has 7 heteroatoms. The third kappa shape index (κ3) is 7.82. The van der Waals surface area contributed by atoms with Gasteiger partial charge in [0.25, 0.3) is 5.91 Å². The van der Waals surface area contributed by atoms with Gasteiger partial charge in [-0.2, -0.15) is 0 Å². The minimum absolute atomic E-state index is 0.0722. The molecule has 6 rings (SSSR count). The summed E-state index contributed by atoms with van der Waals surface area (Å²) < 4.78 is 12.4. The lowest BCUT2D eigenvalue weighted by Gasteiger charge is -2.31. The van der Waals surface area contributed by atoms with Gasteiger partial charge in [-0.25, -0.2) is 10.4 Å². The van der Waals surface area contributed by atoms with Gasteiger partial charge in [0.1, 0.15) is 5.75 Å². The monoisotopic (exact) mass is 639 g/mol. The van der Waals surface area contributed by atoms with E-state index in [1.54, 1.807) is 0 Å². The SMILES string of the molecule is Cc1ccc(CCNNC(=O)[C@@]2(Cc3ccccc3)N=C(c3ccc(OCCCO)cc3)O[C@H]2c2ccc(-c3ccccc3)cc2)cc1. The van der Waals surface area contributed by atoms with E-state index in [2.05, 4.69) is 66.3 Å². The molecule has 0 radical (unpaired) electrons. The predicted octanol–water partition coefficient (Wildman–Crippen LogP) is 6.79. The number of aryl methyl sites for hydroxylation is 1. The number of benzene rings is 5. The Kier molecular flexibility index (Phi) is 10.6. The molecular formula is C41H41N3O4. The van der Waals surface area contributed by atoms with E-state index in [9.17, 15) is 4.79 Å². The van der Waals surface area contributed by atoms with Gasteiger partial charge in [-0.05, 0) is 65.4 Å². The molecule has 0 aromatic heterocycles. The van der Waals surface area contributed by atoms with E-state index in [-0.39, 0.29) is 12.5 Å². The Hall–Kier alpha value is -5.24. The summed E-state index contributed by atoms with van der Waals surface area (Å²) in [7, 11) is 0. The predicted molar refractivity (Wildman–Crippen MR) is 190 cm³/mol. The van der Waals surface area contributed by atoms with Crippen molar-refractivity contribution in [2.75, 3.05) is 19.8 Å². The molecule has 1 aliphatic heterocycles. The largest absolute Gasteiger partial charge is 0.494 e. The first-order chi connectivity index (χ1) is 23.5. The molecule has 0 aliphatic carbocycles. The van der Waals surface area contributed by atoms with E-state index in [0.29, 0.717) is 37.6 Å². The van der Waals surface area contributed by atoms with Crippen molar-refractivity contribution >= 4 is 11.8 Å². The van der Waals surface area contributed by atoms with Gasteiger partial charge in [-0.3, -0.25) is 10.2 Å². The van der Waals surface area contributed by atoms with Gasteiger partial charge < -0.3 is 14.6 Å². The van der Waals surface area contributed by atoms with Crippen LogP contribution >= 0.6 is 0 Å².